The van der Waals surface area contributed by atoms with Crippen molar-refractivity contribution in [1.29, 1.82) is 0 Å². The third-order valence-corrected chi connectivity index (χ3v) is 10.3. The van der Waals surface area contributed by atoms with Crippen molar-refractivity contribution in [3.63, 3.8) is 0 Å². The normalized spacial score (nSPS) is 37.6. The summed E-state index contributed by atoms with van der Waals surface area (Å²) in [5, 5.41) is 26.3. The van der Waals surface area contributed by atoms with E-state index in [0.29, 0.717) is 18.4 Å². The van der Waals surface area contributed by atoms with E-state index in [1.165, 1.54) is 0 Å². The van der Waals surface area contributed by atoms with Gasteiger partial charge < -0.3 is 20.5 Å². The van der Waals surface area contributed by atoms with Crippen molar-refractivity contribution in [2.24, 2.45) is 35.0 Å². The molecular formula is C32H36N2O5. The van der Waals surface area contributed by atoms with E-state index in [0.717, 1.165) is 27.6 Å². The van der Waals surface area contributed by atoms with Gasteiger partial charge in [-0.3, -0.25) is 14.4 Å². The fraction of sp³-hybridized carbons (Fsp3) is 0.469. The summed E-state index contributed by atoms with van der Waals surface area (Å²) in [4.78, 5) is 45.2. The summed E-state index contributed by atoms with van der Waals surface area (Å²) in [6.07, 6.45) is 5.79. The van der Waals surface area contributed by atoms with E-state index < -0.39 is 35.1 Å². The number of aromatic amines is 1. The highest BCUT2D eigenvalue weighted by Gasteiger charge is 2.67. The Morgan fingerprint density at radius 3 is 2.56 bits per heavy atom. The van der Waals surface area contributed by atoms with Crippen LogP contribution in [0.1, 0.15) is 46.1 Å². The van der Waals surface area contributed by atoms with Crippen LogP contribution in [-0.2, 0) is 20.8 Å². The first-order valence-electron chi connectivity index (χ1n) is 13.9. The van der Waals surface area contributed by atoms with Gasteiger partial charge in [0.2, 0.25) is 11.7 Å². The van der Waals surface area contributed by atoms with Crippen molar-refractivity contribution >= 4 is 28.4 Å². The van der Waals surface area contributed by atoms with Gasteiger partial charge in [0.05, 0.1) is 6.10 Å². The lowest BCUT2D eigenvalue weighted by atomic mass is 9.53. The zero-order valence-corrected chi connectivity index (χ0v) is 22.8. The van der Waals surface area contributed by atoms with Crippen LogP contribution in [-0.4, -0.2) is 44.8 Å². The molecule has 1 amide bonds. The van der Waals surface area contributed by atoms with Gasteiger partial charge in [-0.05, 0) is 68.2 Å². The topological polar surface area (TPSA) is 119 Å². The molecule has 4 aliphatic rings. The number of hydrogen-bond donors (Lipinski definition) is 4. The number of para-hydroxylation sites is 1. The van der Waals surface area contributed by atoms with E-state index in [9.17, 15) is 24.6 Å². The molecule has 0 radical (unpaired) electrons. The number of hydrogen-bond acceptors (Lipinski definition) is 5. The molecule has 1 aromatic heterocycles. The Hall–Kier alpha value is -3.45. The molecule has 7 heteroatoms. The lowest BCUT2D eigenvalue weighted by molar-refractivity contribution is -0.149. The summed E-state index contributed by atoms with van der Waals surface area (Å²) in [6, 6.07) is 7.64. The zero-order valence-electron chi connectivity index (χ0n) is 22.8. The predicted molar refractivity (Wildman–Crippen MR) is 148 cm³/mol. The van der Waals surface area contributed by atoms with Gasteiger partial charge in [0.1, 0.15) is 5.41 Å². The summed E-state index contributed by atoms with van der Waals surface area (Å²) >= 11 is 0. The molecule has 2 aromatic rings. The van der Waals surface area contributed by atoms with Gasteiger partial charge in [0, 0.05) is 47.3 Å². The van der Waals surface area contributed by atoms with Gasteiger partial charge in [-0.25, -0.2) is 0 Å². The number of aliphatic hydroxyl groups excluding tert-OH is 2. The number of nitrogens with one attached hydrogen (secondary N) is 2. The lowest BCUT2D eigenvalue weighted by Gasteiger charge is -2.47. The molecule has 1 aromatic carbocycles. The van der Waals surface area contributed by atoms with E-state index in [1.54, 1.807) is 6.92 Å². The number of aliphatic hydroxyl groups is 2. The number of benzene rings is 1. The van der Waals surface area contributed by atoms with Crippen molar-refractivity contribution in [3.8, 4) is 0 Å². The number of ketones is 2. The maximum absolute atomic E-state index is 14.6. The van der Waals surface area contributed by atoms with Crippen LogP contribution in [0, 0.1) is 35.0 Å². The number of fused-ring (bicyclic) bond motifs is 2. The molecule has 3 aliphatic carbocycles. The van der Waals surface area contributed by atoms with Crippen molar-refractivity contribution < 1.29 is 24.6 Å². The highest BCUT2D eigenvalue weighted by molar-refractivity contribution is 6.11. The summed E-state index contributed by atoms with van der Waals surface area (Å²) in [5.74, 6) is -3.55. The Kier molecular flexibility index (Phi) is 5.99. The lowest BCUT2D eigenvalue weighted by Crippen LogP contribution is -2.56. The fourth-order valence-electron chi connectivity index (χ4n) is 8.27. The second-order valence-electron chi connectivity index (χ2n) is 12.1. The first-order valence-corrected chi connectivity index (χ1v) is 13.9. The van der Waals surface area contributed by atoms with Gasteiger partial charge >= 0.3 is 0 Å². The Morgan fingerprint density at radius 2 is 1.79 bits per heavy atom. The molecule has 0 saturated carbocycles. The Balaban J connectivity index is 1.48. The molecule has 1 fully saturated rings. The number of carbonyl (C=O) groups is 3. The number of H-pyrrole nitrogens is 1. The van der Waals surface area contributed by atoms with Gasteiger partial charge in [-0.2, -0.15) is 0 Å². The molecule has 8 atom stereocenters. The molecule has 0 bridgehead atoms. The van der Waals surface area contributed by atoms with Crippen LogP contribution in [0.25, 0.3) is 10.9 Å². The van der Waals surface area contributed by atoms with Crippen LogP contribution < -0.4 is 5.32 Å². The van der Waals surface area contributed by atoms with Crippen LogP contribution in [0.4, 0.5) is 0 Å². The first-order chi connectivity index (χ1) is 18.6. The molecule has 7 nitrogen and oxygen atoms in total. The van der Waals surface area contributed by atoms with Crippen LogP contribution in [0.15, 0.2) is 65.1 Å². The Bertz CT molecular complexity index is 1490. The number of Topliss-reactive ketones (excluding diaryl/α,β-unsaturated/α-hetero) is 2. The van der Waals surface area contributed by atoms with Crippen LogP contribution in [0.5, 0.6) is 0 Å². The van der Waals surface area contributed by atoms with Gasteiger partial charge in [-0.15, -0.1) is 0 Å². The molecule has 6 rings (SSSR count). The zero-order chi connectivity index (χ0) is 27.8. The standard InChI is InChI=1S/C32H36N2O5/c1-15-8-7-10-22-28(36)17(3)16(2)27-24(12-19-14-33-23-11-6-5-9-20(19)23)34-31(39)32(22,27)25(35)13-21-26(15)18(4)29(37)30(21)38/h5-7,9-11,14-15,21-22,24,26-28,33,36-37H,8,12-13H2,1-4H3,(H,34,39)/b10-7+/t15-,21+,22-,24-,26-,27-,28+,32-/m0/s1. The average Bonchev–Trinajstić information content (AvgIpc) is 3.52. The second-order valence-corrected chi connectivity index (χ2v) is 12.1. The largest absolute Gasteiger partial charge is 0.504 e. The summed E-state index contributed by atoms with van der Waals surface area (Å²) in [6.45, 7) is 7.59. The van der Waals surface area contributed by atoms with Crippen molar-refractivity contribution in [2.45, 2.75) is 59.1 Å². The quantitative estimate of drug-likeness (QED) is 0.342. The number of allylic oxidation sites excluding steroid dienone is 3. The number of amides is 1. The van der Waals surface area contributed by atoms with Crippen LogP contribution in [0.2, 0.25) is 0 Å². The smallest absolute Gasteiger partial charge is 0.235 e. The second kappa shape index (κ2) is 9.05. The average molecular weight is 529 g/mol. The molecule has 1 saturated heterocycles. The minimum Gasteiger partial charge on any atom is -0.504 e. The van der Waals surface area contributed by atoms with Crippen molar-refractivity contribution in [3.05, 3.63) is 70.7 Å². The third-order valence-electron chi connectivity index (χ3n) is 10.3. The summed E-state index contributed by atoms with van der Waals surface area (Å²) in [5.41, 5.74) is 2.77. The van der Waals surface area contributed by atoms with E-state index in [4.69, 9.17) is 0 Å². The maximum atomic E-state index is 14.6. The molecule has 2 heterocycles. The number of aromatic nitrogens is 1. The van der Waals surface area contributed by atoms with Crippen LogP contribution in [0.3, 0.4) is 0 Å². The third kappa shape index (κ3) is 3.48. The van der Waals surface area contributed by atoms with Gasteiger partial charge in [-0.1, -0.05) is 42.8 Å². The van der Waals surface area contributed by atoms with Crippen LogP contribution >= 0.6 is 0 Å². The highest BCUT2D eigenvalue weighted by Crippen LogP contribution is 2.56. The van der Waals surface area contributed by atoms with Gasteiger partial charge in [0.15, 0.2) is 11.5 Å². The minimum atomic E-state index is -1.53. The maximum Gasteiger partial charge on any atom is 0.235 e. The summed E-state index contributed by atoms with van der Waals surface area (Å²) < 4.78 is 0. The molecule has 1 spiro atoms. The van der Waals surface area contributed by atoms with Crippen molar-refractivity contribution in [1.82, 2.24) is 10.3 Å². The Morgan fingerprint density at radius 1 is 1.05 bits per heavy atom. The number of carbonyl (C=O) groups excluding carboxylic acids is 3. The highest BCUT2D eigenvalue weighted by atomic mass is 16.3. The molecule has 4 N–H and O–H groups in total. The fourth-order valence-corrected chi connectivity index (χ4v) is 8.27. The predicted octanol–water partition coefficient (Wildman–Crippen LogP) is 4.34. The monoisotopic (exact) mass is 528 g/mol. The SMILES string of the molecule is CC1=C(O)C(=O)[C@@H]2CC(=O)[C@]34C(=O)N[C@@H](Cc5c[nH]c6ccccc56)[C@@H]3C(C)=C(C)[C@@H](O)[C@@H]4/C=C/C[C@H](C)[C@@H]12. The number of rotatable bonds is 2. The molecule has 0 unspecified atom stereocenters. The molecule has 1 aliphatic heterocycles. The van der Waals surface area contributed by atoms with Gasteiger partial charge in [0.25, 0.3) is 0 Å². The summed E-state index contributed by atoms with van der Waals surface area (Å²) in [7, 11) is 0. The van der Waals surface area contributed by atoms with E-state index in [1.807, 2.05) is 63.4 Å². The Labute approximate surface area is 228 Å². The van der Waals surface area contributed by atoms with Crippen molar-refractivity contribution in [2.75, 3.05) is 0 Å². The minimum absolute atomic E-state index is 0.0173. The van der Waals surface area contributed by atoms with E-state index in [2.05, 4.69) is 10.3 Å². The molecular weight excluding hydrogens is 492 g/mol. The molecule has 204 valence electrons. The van der Waals surface area contributed by atoms with E-state index in [-0.39, 0.29) is 41.7 Å². The molecule has 39 heavy (non-hydrogen) atoms. The first kappa shape index (κ1) is 25.8. The van der Waals surface area contributed by atoms with E-state index >= 15 is 0 Å².